The number of para-hydroxylation sites is 1. The Morgan fingerprint density at radius 2 is 1.79 bits per heavy atom. The maximum absolute atomic E-state index is 12.6. The van der Waals surface area contributed by atoms with Crippen LogP contribution in [0.25, 0.3) is 10.9 Å². The lowest BCUT2D eigenvalue weighted by atomic mass is 10.1. The van der Waals surface area contributed by atoms with Gasteiger partial charge < -0.3 is 5.32 Å². The molecular weight excluding hydrogens is 364 g/mol. The molecule has 4 rings (SSSR count). The lowest BCUT2D eigenvalue weighted by molar-refractivity contribution is -0.121. The molecule has 1 N–H and O–H groups in total. The molecule has 0 atom stereocenters. The van der Waals surface area contributed by atoms with E-state index in [4.69, 9.17) is 0 Å². The number of aromatic nitrogens is 2. The molecule has 1 saturated heterocycles. The molecule has 6 heteroatoms. The molecule has 1 aliphatic heterocycles. The van der Waals surface area contributed by atoms with E-state index in [0.29, 0.717) is 17.4 Å². The summed E-state index contributed by atoms with van der Waals surface area (Å²) in [5.74, 6) is -0.206. The summed E-state index contributed by atoms with van der Waals surface area (Å²) in [5.41, 5.74) is 3.78. The van der Waals surface area contributed by atoms with Crippen LogP contribution in [0.2, 0.25) is 0 Å². The van der Waals surface area contributed by atoms with Crippen molar-refractivity contribution in [2.45, 2.75) is 39.4 Å². The highest BCUT2D eigenvalue weighted by molar-refractivity contribution is 5.81. The van der Waals surface area contributed by atoms with Gasteiger partial charge in [0.05, 0.1) is 17.2 Å². The molecule has 0 bridgehead atoms. The van der Waals surface area contributed by atoms with Crippen molar-refractivity contribution < 1.29 is 4.79 Å². The van der Waals surface area contributed by atoms with Crippen LogP contribution >= 0.6 is 0 Å². The van der Waals surface area contributed by atoms with Crippen LogP contribution in [0, 0.1) is 6.92 Å². The number of amides is 1. The maximum atomic E-state index is 12.6. The minimum atomic E-state index is -0.206. The highest BCUT2D eigenvalue weighted by atomic mass is 16.2. The Labute approximate surface area is 170 Å². The molecule has 1 fully saturated rings. The highest BCUT2D eigenvalue weighted by Gasteiger charge is 2.12. The van der Waals surface area contributed by atoms with E-state index in [1.807, 2.05) is 19.1 Å². The van der Waals surface area contributed by atoms with Crippen LogP contribution in [0.5, 0.6) is 0 Å². The fourth-order valence-electron chi connectivity index (χ4n) is 3.82. The molecule has 2 heterocycles. The van der Waals surface area contributed by atoms with Crippen LogP contribution in [0.3, 0.4) is 0 Å². The van der Waals surface area contributed by atoms with Gasteiger partial charge in [-0.15, -0.1) is 0 Å². The predicted octanol–water partition coefficient (Wildman–Crippen LogP) is 2.62. The monoisotopic (exact) mass is 390 g/mol. The van der Waals surface area contributed by atoms with Crippen LogP contribution < -0.4 is 10.9 Å². The summed E-state index contributed by atoms with van der Waals surface area (Å²) in [6.07, 6.45) is 4.03. The van der Waals surface area contributed by atoms with Gasteiger partial charge in [0.15, 0.2) is 0 Å². The number of hydrogen-bond donors (Lipinski definition) is 1. The number of rotatable bonds is 6. The first kappa shape index (κ1) is 19.3. The van der Waals surface area contributed by atoms with Crippen molar-refractivity contribution in [2.24, 2.45) is 0 Å². The molecule has 0 radical (unpaired) electrons. The molecule has 0 unspecified atom stereocenters. The summed E-state index contributed by atoms with van der Waals surface area (Å²) >= 11 is 0. The molecule has 0 aliphatic carbocycles. The van der Waals surface area contributed by atoms with Gasteiger partial charge >= 0.3 is 0 Å². The normalized spacial score (nSPS) is 14.4. The summed E-state index contributed by atoms with van der Waals surface area (Å²) in [4.78, 5) is 31.8. The fourth-order valence-corrected chi connectivity index (χ4v) is 3.82. The summed E-state index contributed by atoms with van der Waals surface area (Å²) in [6.45, 7) is 5.67. The predicted molar refractivity (Wildman–Crippen MR) is 114 cm³/mol. The molecule has 2 aromatic carbocycles. The quantitative estimate of drug-likeness (QED) is 0.703. The number of nitrogens with one attached hydrogen (secondary N) is 1. The van der Waals surface area contributed by atoms with Crippen LogP contribution in [0.15, 0.2) is 53.6 Å². The molecule has 3 aromatic rings. The Balaban J connectivity index is 1.35. The second-order valence-corrected chi connectivity index (χ2v) is 7.73. The zero-order valence-corrected chi connectivity index (χ0v) is 16.7. The first-order valence-corrected chi connectivity index (χ1v) is 10.1. The highest BCUT2D eigenvalue weighted by Crippen LogP contribution is 2.13. The molecule has 0 saturated carbocycles. The lowest BCUT2D eigenvalue weighted by Gasteiger charge is -2.14. The van der Waals surface area contributed by atoms with E-state index < -0.39 is 0 Å². The summed E-state index contributed by atoms with van der Waals surface area (Å²) in [6, 6.07) is 13.9. The van der Waals surface area contributed by atoms with E-state index in [1.54, 1.807) is 6.07 Å². The van der Waals surface area contributed by atoms with Gasteiger partial charge in [0.1, 0.15) is 6.54 Å². The molecule has 6 nitrogen and oxygen atoms in total. The van der Waals surface area contributed by atoms with E-state index in [2.05, 4.69) is 39.5 Å². The molecule has 1 aliphatic rings. The van der Waals surface area contributed by atoms with Crippen LogP contribution in [-0.2, 0) is 24.4 Å². The SMILES string of the molecule is Cc1cccc2c(=O)n(CC(=O)NCc3ccc(CN4CCCC4)cc3)cnc12. The third kappa shape index (κ3) is 4.54. The van der Waals surface area contributed by atoms with Crippen molar-refractivity contribution >= 4 is 16.8 Å². The largest absolute Gasteiger partial charge is 0.350 e. The topological polar surface area (TPSA) is 67.2 Å². The van der Waals surface area contributed by atoms with Crippen molar-refractivity contribution in [1.29, 1.82) is 0 Å². The van der Waals surface area contributed by atoms with Gasteiger partial charge in [0.25, 0.3) is 5.56 Å². The number of carbonyl (C=O) groups is 1. The third-order valence-electron chi connectivity index (χ3n) is 5.49. The van der Waals surface area contributed by atoms with Gasteiger partial charge in [-0.2, -0.15) is 0 Å². The number of likely N-dealkylation sites (tertiary alicyclic amines) is 1. The average molecular weight is 390 g/mol. The molecule has 0 spiro atoms. The maximum Gasteiger partial charge on any atom is 0.261 e. The second kappa shape index (κ2) is 8.57. The van der Waals surface area contributed by atoms with Gasteiger partial charge in [0, 0.05) is 13.1 Å². The standard InChI is InChI=1S/C23H26N4O2/c1-17-5-4-6-20-22(17)25-16-27(23(20)29)15-21(28)24-13-18-7-9-19(10-8-18)14-26-11-2-3-12-26/h4-10,16H,2-3,11-15H2,1H3,(H,24,28). The number of aryl methyl sites for hydroxylation is 1. The first-order valence-electron chi connectivity index (χ1n) is 10.1. The Bertz CT molecular complexity index is 1070. The van der Waals surface area contributed by atoms with E-state index >= 15 is 0 Å². The van der Waals surface area contributed by atoms with E-state index in [0.717, 1.165) is 17.7 Å². The van der Waals surface area contributed by atoms with Crippen LogP contribution in [0.1, 0.15) is 29.5 Å². The molecule has 29 heavy (non-hydrogen) atoms. The van der Waals surface area contributed by atoms with E-state index in [1.165, 1.54) is 42.4 Å². The van der Waals surface area contributed by atoms with Gasteiger partial charge in [-0.3, -0.25) is 19.1 Å². The van der Waals surface area contributed by atoms with Crippen molar-refractivity contribution in [3.05, 3.63) is 75.8 Å². The van der Waals surface area contributed by atoms with E-state index in [-0.39, 0.29) is 18.0 Å². The third-order valence-corrected chi connectivity index (χ3v) is 5.49. The van der Waals surface area contributed by atoms with Gasteiger partial charge in [-0.1, -0.05) is 36.4 Å². The van der Waals surface area contributed by atoms with Crippen molar-refractivity contribution in [3.8, 4) is 0 Å². The number of benzene rings is 2. The number of nitrogens with zero attached hydrogens (tertiary/aromatic N) is 3. The van der Waals surface area contributed by atoms with Gasteiger partial charge in [-0.05, 0) is 55.6 Å². The van der Waals surface area contributed by atoms with Gasteiger partial charge in [-0.25, -0.2) is 4.98 Å². The zero-order chi connectivity index (χ0) is 20.2. The van der Waals surface area contributed by atoms with Gasteiger partial charge in [0.2, 0.25) is 5.91 Å². The minimum absolute atomic E-state index is 0.0389. The first-order chi connectivity index (χ1) is 14.1. The van der Waals surface area contributed by atoms with Crippen molar-refractivity contribution in [2.75, 3.05) is 13.1 Å². The summed E-state index contributed by atoms with van der Waals surface area (Å²) in [7, 11) is 0. The smallest absolute Gasteiger partial charge is 0.261 e. The number of hydrogen-bond acceptors (Lipinski definition) is 4. The summed E-state index contributed by atoms with van der Waals surface area (Å²) < 4.78 is 1.36. The molecule has 1 amide bonds. The number of fused-ring (bicyclic) bond motifs is 1. The Morgan fingerprint density at radius 1 is 1.07 bits per heavy atom. The molecule has 1 aromatic heterocycles. The minimum Gasteiger partial charge on any atom is -0.350 e. The summed E-state index contributed by atoms with van der Waals surface area (Å²) in [5, 5.41) is 3.43. The Kier molecular flexibility index (Phi) is 5.71. The fraction of sp³-hybridized carbons (Fsp3) is 0.348. The second-order valence-electron chi connectivity index (χ2n) is 7.73. The average Bonchev–Trinajstić information content (AvgIpc) is 3.23. The van der Waals surface area contributed by atoms with Crippen LogP contribution in [0.4, 0.5) is 0 Å². The zero-order valence-electron chi connectivity index (χ0n) is 16.7. The number of carbonyl (C=O) groups excluding carboxylic acids is 1. The molecule has 150 valence electrons. The van der Waals surface area contributed by atoms with Crippen molar-refractivity contribution in [3.63, 3.8) is 0 Å². The van der Waals surface area contributed by atoms with E-state index in [9.17, 15) is 9.59 Å². The lowest BCUT2D eigenvalue weighted by Crippen LogP contribution is -2.32. The molecular formula is C23H26N4O2. The Hall–Kier alpha value is -2.99. The Morgan fingerprint density at radius 3 is 2.55 bits per heavy atom. The van der Waals surface area contributed by atoms with Crippen molar-refractivity contribution in [1.82, 2.24) is 19.8 Å². The van der Waals surface area contributed by atoms with Crippen LogP contribution in [-0.4, -0.2) is 33.4 Å².